The van der Waals surface area contributed by atoms with Gasteiger partial charge in [-0.15, -0.1) is 0 Å². The van der Waals surface area contributed by atoms with Gasteiger partial charge in [-0.2, -0.15) is 17.5 Å². The van der Waals surface area contributed by atoms with Crippen LogP contribution in [0.25, 0.3) is 0 Å². The molecule has 1 amide bonds. The molecule has 1 saturated heterocycles. The smallest absolute Gasteiger partial charge is 0.360 e. The van der Waals surface area contributed by atoms with E-state index < -0.39 is 33.6 Å². The number of hydrogen-bond donors (Lipinski definition) is 1. The lowest BCUT2D eigenvalue weighted by molar-refractivity contribution is -0.137. The fourth-order valence-electron chi connectivity index (χ4n) is 3.54. The summed E-state index contributed by atoms with van der Waals surface area (Å²) in [6.45, 7) is 3.23. The van der Waals surface area contributed by atoms with E-state index in [1.165, 1.54) is 30.3 Å². The van der Waals surface area contributed by atoms with E-state index in [2.05, 4.69) is 10.5 Å². The van der Waals surface area contributed by atoms with Crippen LogP contribution in [0.15, 0.2) is 33.7 Å². The number of halogens is 3. The summed E-state index contributed by atoms with van der Waals surface area (Å²) in [4.78, 5) is 12.6. The van der Waals surface area contributed by atoms with Crippen molar-refractivity contribution in [2.24, 2.45) is 5.92 Å². The molecule has 1 aliphatic heterocycles. The Hall–Kier alpha value is -2.40. The van der Waals surface area contributed by atoms with E-state index >= 15 is 0 Å². The van der Waals surface area contributed by atoms with Gasteiger partial charge >= 0.3 is 6.18 Å². The van der Waals surface area contributed by atoms with Gasteiger partial charge in [-0.25, -0.2) is 8.42 Å². The van der Waals surface area contributed by atoms with E-state index in [-0.39, 0.29) is 36.0 Å². The molecule has 1 N–H and O–H groups in total. The molecule has 3 rings (SSSR count). The van der Waals surface area contributed by atoms with Gasteiger partial charge in [-0.05, 0) is 44.4 Å². The number of rotatable bonds is 5. The van der Waals surface area contributed by atoms with Gasteiger partial charge in [0.2, 0.25) is 15.9 Å². The van der Waals surface area contributed by atoms with Crippen molar-refractivity contribution in [2.75, 3.05) is 13.1 Å². The predicted molar refractivity (Wildman–Crippen MR) is 101 cm³/mol. The van der Waals surface area contributed by atoms with E-state index in [1.807, 2.05) is 0 Å². The number of hydrogen-bond acceptors (Lipinski definition) is 5. The topological polar surface area (TPSA) is 92.5 Å². The number of nitrogens with zero attached hydrogens (tertiary/aromatic N) is 2. The van der Waals surface area contributed by atoms with Crippen LogP contribution in [0, 0.1) is 19.8 Å². The first-order chi connectivity index (χ1) is 14.0. The molecule has 2 heterocycles. The number of carbonyl (C=O) groups excluding carboxylic acids is 1. The number of sulfonamides is 1. The Kier molecular flexibility index (Phi) is 6.23. The van der Waals surface area contributed by atoms with Crippen LogP contribution in [-0.4, -0.2) is 36.9 Å². The average Bonchev–Trinajstić information content (AvgIpc) is 3.04. The SMILES string of the molecule is Cc1noc(C)c1S(=O)(=O)N1CCCC(C(=O)NCc2cccc(C(F)(F)F)c2)C1. The summed E-state index contributed by atoms with van der Waals surface area (Å²) in [7, 11) is -3.86. The fraction of sp³-hybridized carbons (Fsp3) is 0.474. The molecule has 0 spiro atoms. The van der Waals surface area contributed by atoms with Crippen LogP contribution in [0.3, 0.4) is 0 Å². The first-order valence-electron chi connectivity index (χ1n) is 9.37. The number of amides is 1. The minimum absolute atomic E-state index is 0.00697. The van der Waals surface area contributed by atoms with Crippen molar-refractivity contribution >= 4 is 15.9 Å². The minimum Gasteiger partial charge on any atom is -0.360 e. The van der Waals surface area contributed by atoms with E-state index in [4.69, 9.17) is 4.52 Å². The van der Waals surface area contributed by atoms with E-state index in [1.54, 1.807) is 0 Å². The van der Waals surface area contributed by atoms with Crippen molar-refractivity contribution in [3.8, 4) is 0 Å². The van der Waals surface area contributed by atoms with Crippen molar-refractivity contribution in [3.63, 3.8) is 0 Å². The maximum absolute atomic E-state index is 13.0. The highest BCUT2D eigenvalue weighted by molar-refractivity contribution is 7.89. The molecular weight excluding hydrogens is 423 g/mol. The third kappa shape index (κ3) is 4.67. The monoisotopic (exact) mass is 445 g/mol. The Morgan fingerprint density at radius 1 is 1.33 bits per heavy atom. The summed E-state index contributed by atoms with van der Waals surface area (Å²) in [5.41, 5.74) is -0.221. The Morgan fingerprint density at radius 2 is 2.07 bits per heavy atom. The number of nitrogens with one attached hydrogen (secondary N) is 1. The van der Waals surface area contributed by atoms with Gasteiger partial charge in [0.25, 0.3) is 0 Å². The van der Waals surface area contributed by atoms with Crippen molar-refractivity contribution in [1.29, 1.82) is 0 Å². The number of piperidine rings is 1. The predicted octanol–water partition coefficient (Wildman–Crippen LogP) is 3.03. The maximum Gasteiger partial charge on any atom is 0.416 e. The second-order valence-corrected chi connectivity index (χ2v) is 9.15. The van der Waals surface area contributed by atoms with Gasteiger partial charge in [0.1, 0.15) is 10.6 Å². The first kappa shape index (κ1) is 22.3. The summed E-state index contributed by atoms with van der Waals surface area (Å²) in [5, 5.41) is 6.30. The lowest BCUT2D eigenvalue weighted by Gasteiger charge is -2.31. The zero-order chi connectivity index (χ0) is 22.1. The van der Waals surface area contributed by atoms with E-state index in [0.29, 0.717) is 18.4 Å². The van der Waals surface area contributed by atoms with Crippen LogP contribution >= 0.6 is 0 Å². The van der Waals surface area contributed by atoms with Crippen LogP contribution in [-0.2, 0) is 27.5 Å². The minimum atomic E-state index is -4.46. The zero-order valence-electron chi connectivity index (χ0n) is 16.5. The van der Waals surface area contributed by atoms with Crippen molar-refractivity contribution in [1.82, 2.24) is 14.8 Å². The lowest BCUT2D eigenvalue weighted by Crippen LogP contribution is -2.45. The highest BCUT2D eigenvalue weighted by atomic mass is 32.2. The van der Waals surface area contributed by atoms with Crippen molar-refractivity contribution < 1.29 is 30.9 Å². The molecule has 11 heteroatoms. The van der Waals surface area contributed by atoms with Crippen molar-refractivity contribution in [2.45, 2.75) is 44.3 Å². The fourth-order valence-corrected chi connectivity index (χ4v) is 5.35. The standard InChI is InChI=1S/C19H22F3N3O4S/c1-12-17(13(2)29-24-12)30(27,28)25-8-4-6-15(11-25)18(26)23-10-14-5-3-7-16(9-14)19(20,21)22/h3,5,7,9,15H,4,6,8,10-11H2,1-2H3,(H,23,26). The Bertz CT molecular complexity index is 1010. The van der Waals surface area contributed by atoms with E-state index in [0.717, 1.165) is 12.1 Å². The molecule has 1 aromatic carbocycles. The van der Waals surface area contributed by atoms with Crippen LogP contribution in [0.2, 0.25) is 0 Å². The van der Waals surface area contributed by atoms with Crippen LogP contribution < -0.4 is 5.32 Å². The zero-order valence-corrected chi connectivity index (χ0v) is 17.3. The third-order valence-electron chi connectivity index (χ3n) is 5.04. The second-order valence-electron chi connectivity index (χ2n) is 7.27. The number of aryl methyl sites for hydroxylation is 2. The number of carbonyl (C=O) groups is 1. The lowest BCUT2D eigenvalue weighted by atomic mass is 9.98. The molecule has 1 aliphatic rings. The van der Waals surface area contributed by atoms with Gasteiger partial charge in [-0.3, -0.25) is 4.79 Å². The van der Waals surface area contributed by atoms with Gasteiger partial charge in [0, 0.05) is 19.6 Å². The molecule has 30 heavy (non-hydrogen) atoms. The van der Waals surface area contributed by atoms with Gasteiger partial charge < -0.3 is 9.84 Å². The molecule has 0 radical (unpaired) electrons. The number of aromatic nitrogens is 1. The quantitative estimate of drug-likeness (QED) is 0.764. The Balaban J connectivity index is 1.66. The molecule has 1 unspecified atom stereocenters. The molecule has 7 nitrogen and oxygen atoms in total. The summed E-state index contributed by atoms with van der Waals surface area (Å²) in [6, 6.07) is 4.72. The molecule has 164 valence electrons. The number of alkyl halides is 3. The molecule has 1 aromatic heterocycles. The maximum atomic E-state index is 13.0. The van der Waals surface area contributed by atoms with Gasteiger partial charge in [0.15, 0.2) is 5.76 Å². The third-order valence-corrected chi connectivity index (χ3v) is 7.15. The highest BCUT2D eigenvalue weighted by Gasteiger charge is 2.36. The van der Waals surface area contributed by atoms with Gasteiger partial charge in [-0.1, -0.05) is 17.3 Å². The van der Waals surface area contributed by atoms with Crippen LogP contribution in [0.5, 0.6) is 0 Å². The molecule has 0 saturated carbocycles. The molecule has 0 aliphatic carbocycles. The molecular formula is C19H22F3N3O4S. The second kappa shape index (κ2) is 8.38. The first-order valence-corrected chi connectivity index (χ1v) is 10.8. The summed E-state index contributed by atoms with van der Waals surface area (Å²) in [6.07, 6.45) is -3.48. The molecule has 0 bridgehead atoms. The number of benzene rings is 1. The summed E-state index contributed by atoms with van der Waals surface area (Å²) < 4.78 is 70.6. The van der Waals surface area contributed by atoms with Crippen LogP contribution in [0.4, 0.5) is 13.2 Å². The normalized spacial score (nSPS) is 18.4. The van der Waals surface area contributed by atoms with E-state index in [9.17, 15) is 26.4 Å². The molecule has 2 aromatic rings. The molecule has 1 atom stereocenters. The Labute approximate surface area is 172 Å². The van der Waals surface area contributed by atoms with Gasteiger partial charge in [0.05, 0.1) is 11.5 Å². The largest absolute Gasteiger partial charge is 0.416 e. The average molecular weight is 445 g/mol. The summed E-state index contributed by atoms with van der Waals surface area (Å²) >= 11 is 0. The Morgan fingerprint density at radius 3 is 2.70 bits per heavy atom. The summed E-state index contributed by atoms with van der Waals surface area (Å²) in [5.74, 6) is -0.811. The molecule has 1 fully saturated rings. The highest BCUT2D eigenvalue weighted by Crippen LogP contribution is 2.30. The van der Waals surface area contributed by atoms with Crippen molar-refractivity contribution in [3.05, 3.63) is 46.8 Å². The van der Waals surface area contributed by atoms with Crippen LogP contribution in [0.1, 0.15) is 35.4 Å².